The van der Waals surface area contributed by atoms with E-state index in [1.165, 1.54) is 7.11 Å². The van der Waals surface area contributed by atoms with Crippen molar-refractivity contribution in [3.05, 3.63) is 0 Å². The van der Waals surface area contributed by atoms with E-state index in [-0.39, 0.29) is 0 Å². The summed E-state index contributed by atoms with van der Waals surface area (Å²) in [6, 6.07) is 0. The van der Waals surface area contributed by atoms with Crippen LogP contribution in [0.3, 0.4) is 0 Å². The van der Waals surface area contributed by atoms with Crippen LogP contribution < -0.4 is 0 Å². The maximum absolute atomic E-state index is 8.67. The number of ether oxygens (including phenoxy) is 1. The average molecular weight is 117 g/mol. The Morgan fingerprint density at radius 2 is 2.38 bits per heavy atom. The summed E-state index contributed by atoms with van der Waals surface area (Å²) in [6.07, 6.45) is -0.497. The monoisotopic (exact) mass is 117 g/mol. The second-order valence-electron chi connectivity index (χ2n) is 1.67. The quantitative estimate of drug-likeness (QED) is 0.414. The van der Waals surface area contributed by atoms with Gasteiger partial charge in [-0.05, 0) is 6.92 Å². The molecule has 48 valence electrons. The van der Waals surface area contributed by atoms with Crippen molar-refractivity contribution < 1.29 is 9.84 Å². The van der Waals surface area contributed by atoms with Crippen LogP contribution in [0.1, 0.15) is 13.3 Å². The molecule has 0 fully saturated rings. The van der Waals surface area contributed by atoms with Crippen molar-refractivity contribution in [2.45, 2.75) is 19.6 Å². The second-order valence-corrected chi connectivity index (χ2v) is 1.67. The molecule has 2 N–H and O–H groups in total. The molecule has 8 heavy (non-hydrogen) atoms. The van der Waals surface area contributed by atoms with E-state index in [2.05, 4.69) is 4.74 Å². The molecule has 0 radical (unpaired) electrons. The van der Waals surface area contributed by atoms with E-state index >= 15 is 0 Å². The molecular formula is C5H11NO2. The molecule has 1 atom stereocenters. The maximum Gasteiger partial charge on any atom is 0.159 e. The van der Waals surface area contributed by atoms with Gasteiger partial charge in [0.25, 0.3) is 0 Å². The number of aliphatic hydroxyl groups excluding tert-OH is 1. The van der Waals surface area contributed by atoms with E-state index in [0.717, 1.165) is 0 Å². The van der Waals surface area contributed by atoms with Crippen LogP contribution >= 0.6 is 0 Å². The lowest BCUT2D eigenvalue weighted by Crippen LogP contribution is -2.12. The lowest BCUT2D eigenvalue weighted by Gasteiger charge is -2.04. The molecule has 0 aromatic carbocycles. The van der Waals surface area contributed by atoms with Crippen LogP contribution in [0.15, 0.2) is 0 Å². The molecule has 0 aliphatic rings. The Balaban J connectivity index is 3.24. The van der Waals surface area contributed by atoms with Crippen molar-refractivity contribution in [2.24, 2.45) is 0 Å². The van der Waals surface area contributed by atoms with Crippen molar-refractivity contribution >= 4 is 5.71 Å². The van der Waals surface area contributed by atoms with Crippen LogP contribution in [-0.4, -0.2) is 24.2 Å². The summed E-state index contributed by atoms with van der Waals surface area (Å²) in [5.74, 6) is 0. The fraction of sp³-hybridized carbons (Fsp3) is 0.800. The molecule has 0 heterocycles. The molecule has 0 aliphatic heterocycles. The molecule has 0 spiro atoms. The average Bonchev–Trinajstić information content (AvgIpc) is 1.65. The third-order valence-electron chi connectivity index (χ3n) is 0.753. The Kier molecular flexibility index (Phi) is 3.39. The Labute approximate surface area is 48.8 Å². The van der Waals surface area contributed by atoms with Gasteiger partial charge in [0.15, 0.2) is 6.29 Å². The highest BCUT2D eigenvalue weighted by molar-refractivity contribution is 5.78. The molecule has 0 rings (SSSR count). The van der Waals surface area contributed by atoms with E-state index in [1.54, 1.807) is 6.92 Å². The van der Waals surface area contributed by atoms with E-state index in [1.807, 2.05) is 0 Å². The topological polar surface area (TPSA) is 53.3 Å². The predicted molar refractivity (Wildman–Crippen MR) is 31.0 cm³/mol. The highest BCUT2D eigenvalue weighted by atomic mass is 16.6. The minimum absolute atomic E-state index is 0.302. The van der Waals surface area contributed by atoms with Gasteiger partial charge in [-0.2, -0.15) is 0 Å². The highest BCUT2D eigenvalue weighted by Gasteiger charge is 1.99. The predicted octanol–water partition coefficient (Wildman–Crippen LogP) is 0.381. The van der Waals surface area contributed by atoms with Gasteiger partial charge in [-0.1, -0.05) is 0 Å². The van der Waals surface area contributed by atoms with Crippen molar-refractivity contribution in [2.75, 3.05) is 7.11 Å². The molecule has 1 unspecified atom stereocenters. The second kappa shape index (κ2) is 3.57. The van der Waals surface area contributed by atoms with Crippen LogP contribution in [0.5, 0.6) is 0 Å². The van der Waals surface area contributed by atoms with Gasteiger partial charge in [-0.15, -0.1) is 0 Å². The van der Waals surface area contributed by atoms with Gasteiger partial charge in [0.1, 0.15) is 0 Å². The van der Waals surface area contributed by atoms with Crippen LogP contribution in [0.4, 0.5) is 0 Å². The lowest BCUT2D eigenvalue weighted by molar-refractivity contribution is -0.0673. The van der Waals surface area contributed by atoms with Gasteiger partial charge in [0.05, 0.1) is 0 Å². The molecule has 0 bridgehead atoms. The van der Waals surface area contributed by atoms with Gasteiger partial charge < -0.3 is 15.3 Å². The first kappa shape index (κ1) is 7.59. The summed E-state index contributed by atoms with van der Waals surface area (Å²) in [5, 5.41) is 15.6. The van der Waals surface area contributed by atoms with Crippen LogP contribution in [0.2, 0.25) is 0 Å². The Morgan fingerprint density at radius 1 is 1.88 bits per heavy atom. The lowest BCUT2D eigenvalue weighted by atomic mass is 10.3. The van der Waals surface area contributed by atoms with Gasteiger partial charge >= 0.3 is 0 Å². The molecule has 0 aromatic heterocycles. The zero-order chi connectivity index (χ0) is 6.57. The molecule has 3 nitrogen and oxygen atoms in total. The van der Waals surface area contributed by atoms with E-state index in [0.29, 0.717) is 12.1 Å². The van der Waals surface area contributed by atoms with Gasteiger partial charge in [-0.3, -0.25) is 0 Å². The number of hydrogen-bond donors (Lipinski definition) is 2. The minimum atomic E-state index is -0.799. The van der Waals surface area contributed by atoms with Gasteiger partial charge in [0, 0.05) is 19.2 Å². The van der Waals surface area contributed by atoms with Crippen molar-refractivity contribution in [1.82, 2.24) is 0 Å². The fourth-order valence-electron chi connectivity index (χ4n) is 0.345. The third-order valence-corrected chi connectivity index (χ3v) is 0.753. The summed E-state index contributed by atoms with van der Waals surface area (Å²) in [7, 11) is 1.41. The molecule has 0 aromatic rings. The summed E-state index contributed by atoms with van der Waals surface area (Å²) in [6.45, 7) is 1.63. The minimum Gasteiger partial charge on any atom is -0.368 e. The molecule has 0 saturated heterocycles. The number of aliphatic hydroxyl groups is 1. The fourth-order valence-corrected chi connectivity index (χ4v) is 0.345. The Bertz CT molecular complexity index is 82.5. The van der Waals surface area contributed by atoms with Crippen molar-refractivity contribution in [1.29, 1.82) is 5.41 Å². The third kappa shape index (κ3) is 3.77. The standard InChI is InChI=1S/C5H11NO2/c1-4(6)3-5(7)8-2/h5-7H,3H2,1-2H3. The smallest absolute Gasteiger partial charge is 0.159 e. The number of hydrogen-bond acceptors (Lipinski definition) is 3. The summed E-state index contributed by atoms with van der Waals surface area (Å²) < 4.78 is 4.48. The number of nitrogens with one attached hydrogen (secondary N) is 1. The van der Waals surface area contributed by atoms with Crippen molar-refractivity contribution in [3.8, 4) is 0 Å². The summed E-state index contributed by atoms with van der Waals surface area (Å²) >= 11 is 0. The first-order chi connectivity index (χ1) is 3.66. The zero-order valence-electron chi connectivity index (χ0n) is 5.14. The summed E-state index contributed by atoms with van der Waals surface area (Å²) in [5.41, 5.74) is 0.430. The Morgan fingerprint density at radius 3 is 2.50 bits per heavy atom. The van der Waals surface area contributed by atoms with E-state index in [4.69, 9.17) is 10.5 Å². The zero-order valence-corrected chi connectivity index (χ0v) is 5.14. The summed E-state index contributed by atoms with van der Waals surface area (Å²) in [4.78, 5) is 0. The SMILES string of the molecule is COC(O)CC(C)=N. The normalized spacial score (nSPS) is 13.4. The Hall–Kier alpha value is -0.410. The molecular weight excluding hydrogens is 106 g/mol. The first-order valence-corrected chi connectivity index (χ1v) is 2.41. The van der Waals surface area contributed by atoms with Crippen LogP contribution in [-0.2, 0) is 4.74 Å². The van der Waals surface area contributed by atoms with Crippen LogP contribution in [0.25, 0.3) is 0 Å². The van der Waals surface area contributed by atoms with Crippen LogP contribution in [0, 0.1) is 5.41 Å². The van der Waals surface area contributed by atoms with E-state index < -0.39 is 6.29 Å². The van der Waals surface area contributed by atoms with Gasteiger partial charge in [0.2, 0.25) is 0 Å². The largest absolute Gasteiger partial charge is 0.368 e. The number of rotatable bonds is 3. The maximum atomic E-state index is 8.67. The molecule has 0 amide bonds. The molecule has 0 aliphatic carbocycles. The van der Waals surface area contributed by atoms with E-state index in [9.17, 15) is 0 Å². The molecule has 0 saturated carbocycles. The van der Waals surface area contributed by atoms with Crippen molar-refractivity contribution in [3.63, 3.8) is 0 Å². The number of methoxy groups -OCH3 is 1. The highest BCUT2D eigenvalue weighted by Crippen LogP contribution is 1.91. The van der Waals surface area contributed by atoms with Gasteiger partial charge in [-0.25, -0.2) is 0 Å². The molecule has 3 heteroatoms. The first-order valence-electron chi connectivity index (χ1n) is 2.41.